The highest BCUT2D eigenvalue weighted by Crippen LogP contribution is 2.38. The minimum Gasteiger partial charge on any atom is -0.465 e. The highest BCUT2D eigenvalue weighted by molar-refractivity contribution is 8.27. The van der Waals surface area contributed by atoms with Gasteiger partial charge in [0, 0.05) is 12.1 Å². The first-order valence-electron chi connectivity index (χ1n) is 9.19. The van der Waals surface area contributed by atoms with Gasteiger partial charge in [0.15, 0.2) is 4.32 Å². The van der Waals surface area contributed by atoms with Gasteiger partial charge in [-0.15, -0.1) is 0 Å². The zero-order valence-electron chi connectivity index (χ0n) is 16.5. The number of nitrogens with zero attached hydrogens (tertiary/aromatic N) is 2. The molecule has 0 bridgehead atoms. The maximum absolute atomic E-state index is 13.1. The number of esters is 1. The third-order valence-corrected chi connectivity index (χ3v) is 5.91. The van der Waals surface area contributed by atoms with Crippen LogP contribution in [0.25, 0.3) is 17.4 Å². The molecule has 0 atom stereocenters. The molecular formula is C22H14N2O6S2. The second kappa shape index (κ2) is 8.77. The molecule has 2 heterocycles. The van der Waals surface area contributed by atoms with E-state index in [0.717, 1.165) is 11.8 Å². The largest absolute Gasteiger partial charge is 0.465 e. The Labute approximate surface area is 191 Å². The first-order valence-corrected chi connectivity index (χ1v) is 10.4. The number of thioether (sulfide) groups is 1. The molecule has 10 heteroatoms. The van der Waals surface area contributed by atoms with Crippen LogP contribution in [0.5, 0.6) is 0 Å². The number of nitro groups is 1. The molecule has 1 amide bonds. The van der Waals surface area contributed by atoms with Crippen molar-refractivity contribution in [2.24, 2.45) is 0 Å². The standard InChI is InChI=1S/C22H14N2O6S2/c1-29-21(26)15-7-3-4-8-16(15)23-20(25)19(32-22(23)31)12-13-10-11-18(30-13)14-6-2-5-9-17(14)24(27)28/h2-12H,1H3/b19-12+. The van der Waals surface area contributed by atoms with Gasteiger partial charge in [-0.25, -0.2) is 4.79 Å². The number of nitro benzene ring substituents is 1. The molecule has 32 heavy (non-hydrogen) atoms. The smallest absolute Gasteiger partial charge is 0.339 e. The molecule has 1 aliphatic heterocycles. The van der Waals surface area contributed by atoms with Crippen molar-refractivity contribution >= 4 is 57.6 Å². The van der Waals surface area contributed by atoms with Crippen molar-refractivity contribution in [1.82, 2.24) is 0 Å². The molecule has 0 saturated carbocycles. The van der Waals surface area contributed by atoms with E-state index in [9.17, 15) is 19.7 Å². The van der Waals surface area contributed by atoms with Crippen molar-refractivity contribution < 1.29 is 23.7 Å². The van der Waals surface area contributed by atoms with Crippen LogP contribution in [0.4, 0.5) is 11.4 Å². The van der Waals surface area contributed by atoms with Crippen LogP contribution in [0, 0.1) is 10.1 Å². The molecule has 1 aromatic heterocycles. The fourth-order valence-corrected chi connectivity index (χ4v) is 4.44. The highest BCUT2D eigenvalue weighted by atomic mass is 32.2. The van der Waals surface area contributed by atoms with Crippen LogP contribution in [0.1, 0.15) is 16.1 Å². The lowest BCUT2D eigenvalue weighted by atomic mass is 10.1. The van der Waals surface area contributed by atoms with Crippen molar-refractivity contribution in [1.29, 1.82) is 0 Å². The van der Waals surface area contributed by atoms with Crippen molar-refractivity contribution in [2.75, 3.05) is 12.0 Å². The summed E-state index contributed by atoms with van der Waals surface area (Å²) in [5.41, 5.74) is 0.783. The minimum absolute atomic E-state index is 0.0841. The van der Waals surface area contributed by atoms with E-state index in [0.29, 0.717) is 22.8 Å². The molecule has 4 rings (SSSR count). The van der Waals surface area contributed by atoms with Crippen LogP contribution in [0.15, 0.2) is 70.0 Å². The summed E-state index contributed by atoms with van der Waals surface area (Å²) < 4.78 is 10.8. The Balaban J connectivity index is 1.66. The second-order valence-electron chi connectivity index (χ2n) is 6.50. The molecule has 1 saturated heterocycles. The molecule has 8 nitrogen and oxygen atoms in total. The van der Waals surface area contributed by atoms with Crippen LogP contribution in [-0.2, 0) is 9.53 Å². The molecule has 0 aliphatic carbocycles. The van der Waals surface area contributed by atoms with Crippen molar-refractivity contribution in [3.63, 3.8) is 0 Å². The normalized spacial score (nSPS) is 14.8. The monoisotopic (exact) mass is 466 g/mol. The lowest BCUT2D eigenvalue weighted by Crippen LogP contribution is -2.29. The number of amides is 1. The molecular weight excluding hydrogens is 452 g/mol. The van der Waals surface area contributed by atoms with Gasteiger partial charge in [-0.2, -0.15) is 0 Å². The summed E-state index contributed by atoms with van der Waals surface area (Å²) in [6.45, 7) is 0. The Hall–Kier alpha value is -3.76. The van der Waals surface area contributed by atoms with E-state index >= 15 is 0 Å². The lowest BCUT2D eigenvalue weighted by molar-refractivity contribution is -0.384. The summed E-state index contributed by atoms with van der Waals surface area (Å²) in [6.07, 6.45) is 1.51. The summed E-state index contributed by atoms with van der Waals surface area (Å²) in [7, 11) is 1.26. The van der Waals surface area contributed by atoms with Gasteiger partial charge < -0.3 is 9.15 Å². The van der Waals surface area contributed by atoms with Crippen molar-refractivity contribution in [2.45, 2.75) is 0 Å². The Morgan fingerprint density at radius 1 is 1.16 bits per heavy atom. The third kappa shape index (κ3) is 3.93. The van der Waals surface area contributed by atoms with Crippen LogP contribution >= 0.6 is 24.0 Å². The molecule has 1 aliphatic rings. The van der Waals surface area contributed by atoms with Crippen LogP contribution in [0.2, 0.25) is 0 Å². The summed E-state index contributed by atoms with van der Waals surface area (Å²) in [6, 6.07) is 16.0. The zero-order chi connectivity index (χ0) is 22.8. The molecule has 2 aromatic carbocycles. The minimum atomic E-state index is -0.584. The maximum Gasteiger partial charge on any atom is 0.339 e. The fraction of sp³-hybridized carbons (Fsp3) is 0.0455. The van der Waals surface area contributed by atoms with Crippen molar-refractivity contribution in [3.8, 4) is 11.3 Å². The molecule has 3 aromatic rings. The van der Waals surface area contributed by atoms with Gasteiger partial charge in [-0.05, 0) is 30.3 Å². The van der Waals surface area contributed by atoms with Crippen LogP contribution in [-0.4, -0.2) is 28.2 Å². The van der Waals surface area contributed by atoms with Gasteiger partial charge in [0.1, 0.15) is 11.5 Å². The van der Waals surface area contributed by atoms with Crippen LogP contribution in [0.3, 0.4) is 0 Å². The van der Waals surface area contributed by atoms with E-state index in [1.165, 1.54) is 24.2 Å². The Kier molecular flexibility index (Phi) is 5.89. The predicted octanol–water partition coefficient (Wildman–Crippen LogP) is 5.05. The van der Waals surface area contributed by atoms with Crippen molar-refractivity contribution in [3.05, 3.63) is 87.0 Å². The number of carbonyl (C=O) groups excluding carboxylic acids is 2. The summed E-state index contributed by atoms with van der Waals surface area (Å²) in [4.78, 5) is 37.5. The predicted molar refractivity (Wildman–Crippen MR) is 124 cm³/mol. The first-order chi connectivity index (χ1) is 15.4. The average molecular weight is 466 g/mol. The average Bonchev–Trinajstić information content (AvgIpc) is 3.37. The summed E-state index contributed by atoms with van der Waals surface area (Å²) in [5, 5.41) is 11.3. The summed E-state index contributed by atoms with van der Waals surface area (Å²) in [5.74, 6) is -0.367. The zero-order valence-corrected chi connectivity index (χ0v) is 18.1. The number of thiocarbonyl (C=S) groups is 1. The Morgan fingerprint density at radius 3 is 2.62 bits per heavy atom. The number of furan rings is 1. The number of para-hydroxylation sites is 2. The molecule has 0 radical (unpaired) electrons. The quantitative estimate of drug-likeness (QED) is 0.169. The number of rotatable bonds is 5. The number of benzene rings is 2. The molecule has 0 N–H and O–H groups in total. The molecule has 1 fully saturated rings. The van der Waals surface area contributed by atoms with Gasteiger partial charge in [0.25, 0.3) is 11.6 Å². The van der Waals surface area contributed by atoms with Gasteiger partial charge in [0.2, 0.25) is 0 Å². The Bertz CT molecular complexity index is 1300. The van der Waals surface area contributed by atoms with Gasteiger partial charge >= 0.3 is 5.97 Å². The van der Waals surface area contributed by atoms with Crippen LogP contribution < -0.4 is 4.90 Å². The van der Waals surface area contributed by atoms with E-state index in [2.05, 4.69) is 0 Å². The number of hydrogen-bond donors (Lipinski definition) is 0. The fourth-order valence-electron chi connectivity index (χ4n) is 3.17. The van der Waals surface area contributed by atoms with E-state index in [-0.39, 0.29) is 20.5 Å². The van der Waals surface area contributed by atoms with E-state index in [1.807, 2.05) is 0 Å². The second-order valence-corrected chi connectivity index (χ2v) is 8.18. The SMILES string of the molecule is COC(=O)c1ccccc1N1C(=O)/C(=C\c2ccc(-c3ccccc3[N+](=O)[O-])o2)SC1=S. The molecule has 0 spiro atoms. The van der Waals surface area contributed by atoms with Gasteiger partial charge in [-0.3, -0.25) is 19.8 Å². The van der Waals surface area contributed by atoms with E-state index in [4.69, 9.17) is 21.4 Å². The molecule has 0 unspecified atom stereocenters. The number of ether oxygens (including phenoxy) is 1. The number of carbonyl (C=O) groups is 2. The highest BCUT2D eigenvalue weighted by Gasteiger charge is 2.35. The topological polar surface area (TPSA) is 103 Å². The van der Waals surface area contributed by atoms with E-state index < -0.39 is 16.8 Å². The number of methoxy groups -OCH3 is 1. The molecule has 160 valence electrons. The van der Waals surface area contributed by atoms with Gasteiger partial charge in [-0.1, -0.05) is 48.2 Å². The number of anilines is 1. The third-order valence-electron chi connectivity index (χ3n) is 4.61. The number of hydrogen-bond acceptors (Lipinski definition) is 8. The maximum atomic E-state index is 13.1. The lowest BCUT2D eigenvalue weighted by Gasteiger charge is -2.17. The Morgan fingerprint density at radius 2 is 1.88 bits per heavy atom. The van der Waals surface area contributed by atoms with E-state index in [1.54, 1.807) is 54.6 Å². The first kappa shape index (κ1) is 21.5. The van der Waals surface area contributed by atoms with Gasteiger partial charge in [0.05, 0.1) is 33.8 Å². The summed E-state index contributed by atoms with van der Waals surface area (Å²) >= 11 is 6.43.